The van der Waals surface area contributed by atoms with Gasteiger partial charge in [0.1, 0.15) is 12.1 Å². The highest BCUT2D eigenvalue weighted by atomic mass is 32.2. The summed E-state index contributed by atoms with van der Waals surface area (Å²) in [6.07, 6.45) is 7.80. The van der Waals surface area contributed by atoms with Crippen LogP contribution in [0, 0.1) is 17.8 Å². The zero-order valence-corrected chi connectivity index (χ0v) is 18.9. The summed E-state index contributed by atoms with van der Waals surface area (Å²) in [5, 5.41) is 3.66. The molecule has 0 aliphatic rings. The highest BCUT2D eigenvalue weighted by Crippen LogP contribution is 2.34. The van der Waals surface area contributed by atoms with Crippen molar-refractivity contribution < 1.29 is 9.53 Å². The molecule has 162 valence electrons. The van der Waals surface area contributed by atoms with Gasteiger partial charge in [0, 0.05) is 29.0 Å². The van der Waals surface area contributed by atoms with E-state index in [1.54, 1.807) is 7.11 Å². The lowest BCUT2D eigenvalue weighted by molar-refractivity contribution is -0.128. The van der Waals surface area contributed by atoms with Crippen LogP contribution in [-0.4, -0.2) is 39.1 Å². The number of benzene rings is 1. The first-order valence-corrected chi connectivity index (χ1v) is 10.6. The van der Waals surface area contributed by atoms with E-state index in [0.717, 1.165) is 10.5 Å². The molecule has 2 heterocycles. The highest BCUT2D eigenvalue weighted by Gasteiger charge is 2.21. The second-order valence-corrected chi connectivity index (χ2v) is 8.95. The van der Waals surface area contributed by atoms with Crippen LogP contribution in [0.25, 0.3) is 11.2 Å². The number of aryl methyl sites for hydroxylation is 1. The van der Waals surface area contributed by atoms with E-state index in [2.05, 4.69) is 26.2 Å². The van der Waals surface area contributed by atoms with Crippen LogP contribution in [0.4, 0.5) is 5.82 Å². The summed E-state index contributed by atoms with van der Waals surface area (Å²) in [6.45, 7) is 6.79. The normalized spacial score (nSPS) is 11.3. The van der Waals surface area contributed by atoms with Gasteiger partial charge in [-0.25, -0.2) is 15.0 Å². The van der Waals surface area contributed by atoms with Crippen molar-refractivity contribution in [1.29, 1.82) is 0 Å². The fraction of sp³-hybridized carbons (Fsp3) is 0.364. The number of carbonyl (C=O) groups excluding carboxylic acids is 1. The van der Waals surface area contributed by atoms with Crippen molar-refractivity contribution in [2.45, 2.75) is 43.8 Å². The molecule has 3 aromatic rings. The first kappa shape index (κ1) is 22.4. The number of nitrogen functional groups attached to an aromatic ring is 1. The van der Waals surface area contributed by atoms with E-state index < -0.39 is 5.41 Å². The van der Waals surface area contributed by atoms with Crippen LogP contribution in [0.1, 0.15) is 32.8 Å². The fourth-order valence-electron chi connectivity index (χ4n) is 2.85. The molecule has 3 N–H and O–H groups in total. The Balaban J connectivity index is 1.89. The number of nitrogens with one attached hydrogen (secondary N) is 1. The molecular formula is C22H26N6O2S. The van der Waals surface area contributed by atoms with Gasteiger partial charge in [0.25, 0.3) is 0 Å². The van der Waals surface area contributed by atoms with Gasteiger partial charge in [-0.15, -0.1) is 6.42 Å². The molecule has 0 bridgehead atoms. The molecule has 1 amide bonds. The molecule has 0 saturated carbocycles. The molecule has 0 aliphatic carbocycles. The highest BCUT2D eigenvalue weighted by molar-refractivity contribution is 7.99. The van der Waals surface area contributed by atoms with Crippen LogP contribution in [0.2, 0.25) is 0 Å². The average molecular weight is 439 g/mol. The smallest absolute Gasteiger partial charge is 0.225 e. The Morgan fingerprint density at radius 1 is 1.35 bits per heavy atom. The number of fused-ring (bicyclic) bond motifs is 1. The Hall–Kier alpha value is -3.25. The summed E-state index contributed by atoms with van der Waals surface area (Å²) < 4.78 is 7.31. The number of nitrogens with zero attached hydrogens (tertiary/aromatic N) is 4. The Labute approximate surface area is 186 Å². The van der Waals surface area contributed by atoms with E-state index in [1.165, 1.54) is 18.1 Å². The third-order valence-electron chi connectivity index (χ3n) is 4.60. The topological polar surface area (TPSA) is 108 Å². The number of aromatic nitrogens is 4. The molecule has 0 saturated heterocycles. The molecule has 1 aromatic carbocycles. The van der Waals surface area contributed by atoms with Crippen molar-refractivity contribution >= 4 is 34.7 Å². The zero-order valence-electron chi connectivity index (χ0n) is 18.1. The fourth-order valence-corrected chi connectivity index (χ4v) is 3.88. The Morgan fingerprint density at radius 3 is 2.81 bits per heavy atom. The summed E-state index contributed by atoms with van der Waals surface area (Å²) in [5.41, 5.74) is 7.52. The second kappa shape index (κ2) is 9.27. The number of carbonyl (C=O) groups is 1. The molecule has 0 spiro atoms. The van der Waals surface area contributed by atoms with E-state index in [9.17, 15) is 4.79 Å². The second-order valence-electron chi connectivity index (χ2n) is 7.95. The van der Waals surface area contributed by atoms with Crippen molar-refractivity contribution in [2.24, 2.45) is 5.41 Å². The van der Waals surface area contributed by atoms with Crippen LogP contribution >= 0.6 is 11.8 Å². The van der Waals surface area contributed by atoms with Crippen molar-refractivity contribution in [3.05, 3.63) is 30.1 Å². The average Bonchev–Trinajstić information content (AvgIpc) is 3.08. The third kappa shape index (κ3) is 5.09. The maximum Gasteiger partial charge on any atom is 0.225 e. The van der Waals surface area contributed by atoms with E-state index in [0.29, 0.717) is 47.4 Å². The maximum absolute atomic E-state index is 12.1. The van der Waals surface area contributed by atoms with E-state index >= 15 is 0 Å². The van der Waals surface area contributed by atoms with Gasteiger partial charge in [0.15, 0.2) is 22.1 Å². The van der Waals surface area contributed by atoms with Crippen molar-refractivity contribution in [2.75, 3.05) is 19.4 Å². The van der Waals surface area contributed by atoms with Crippen molar-refractivity contribution in [3.8, 4) is 18.1 Å². The number of ether oxygens (including phenoxy) is 1. The monoisotopic (exact) mass is 438 g/mol. The number of rotatable bonds is 7. The lowest BCUT2D eigenvalue weighted by Crippen LogP contribution is -2.35. The SMILES string of the molecule is C#Cc1ccc(OC)cc1Sc1nc2c(N)ncnc2n1CCCNC(=O)C(C)(C)C. The lowest BCUT2D eigenvalue weighted by Gasteiger charge is -2.17. The summed E-state index contributed by atoms with van der Waals surface area (Å²) in [6, 6.07) is 5.54. The van der Waals surface area contributed by atoms with Crippen molar-refractivity contribution in [3.63, 3.8) is 0 Å². The van der Waals surface area contributed by atoms with E-state index in [-0.39, 0.29) is 5.91 Å². The Kier molecular flexibility index (Phi) is 6.71. The number of terminal acetylenes is 1. The predicted octanol–water partition coefficient (Wildman–Crippen LogP) is 3.10. The molecule has 0 atom stereocenters. The minimum atomic E-state index is -0.428. The molecule has 2 aromatic heterocycles. The minimum absolute atomic E-state index is 0.0131. The minimum Gasteiger partial charge on any atom is -0.497 e. The van der Waals surface area contributed by atoms with Gasteiger partial charge in [-0.05, 0) is 24.6 Å². The van der Waals surface area contributed by atoms with Crippen LogP contribution in [-0.2, 0) is 11.3 Å². The number of imidazole rings is 1. The van der Waals surface area contributed by atoms with Crippen LogP contribution in [0.3, 0.4) is 0 Å². The van der Waals surface area contributed by atoms with Crippen LogP contribution in [0.5, 0.6) is 5.75 Å². The standard InChI is InChI=1S/C22H26N6O2S/c1-6-14-8-9-15(30-5)12-16(14)31-21-27-17-18(23)25-13-26-19(17)28(21)11-7-10-24-20(29)22(2,3)4/h1,8-9,12-13H,7,10-11H2,2-5H3,(H,24,29)(H2,23,25,26). The first-order chi connectivity index (χ1) is 14.7. The number of hydrogen-bond donors (Lipinski definition) is 2. The van der Waals surface area contributed by atoms with E-state index in [1.807, 2.05) is 43.5 Å². The largest absolute Gasteiger partial charge is 0.497 e. The van der Waals surface area contributed by atoms with Gasteiger partial charge in [-0.3, -0.25) is 4.79 Å². The van der Waals surface area contributed by atoms with Gasteiger partial charge in [-0.2, -0.15) is 0 Å². The Morgan fingerprint density at radius 2 is 2.13 bits per heavy atom. The summed E-state index contributed by atoms with van der Waals surface area (Å²) in [4.78, 5) is 26.1. The van der Waals surface area contributed by atoms with Crippen molar-refractivity contribution in [1.82, 2.24) is 24.8 Å². The summed E-state index contributed by atoms with van der Waals surface area (Å²) >= 11 is 1.42. The summed E-state index contributed by atoms with van der Waals surface area (Å²) in [5.74, 6) is 3.73. The summed E-state index contributed by atoms with van der Waals surface area (Å²) in [7, 11) is 1.61. The van der Waals surface area contributed by atoms with Crippen LogP contribution < -0.4 is 15.8 Å². The molecule has 0 fully saturated rings. The lowest BCUT2D eigenvalue weighted by atomic mass is 9.96. The molecule has 0 radical (unpaired) electrons. The number of nitrogens with two attached hydrogens (primary N) is 1. The molecular weight excluding hydrogens is 412 g/mol. The zero-order chi connectivity index (χ0) is 22.6. The Bertz CT molecular complexity index is 1140. The van der Waals surface area contributed by atoms with Gasteiger partial charge < -0.3 is 20.4 Å². The molecule has 9 heteroatoms. The molecule has 31 heavy (non-hydrogen) atoms. The first-order valence-electron chi connectivity index (χ1n) is 9.82. The third-order valence-corrected chi connectivity index (χ3v) is 5.65. The molecule has 3 rings (SSSR count). The molecule has 0 aliphatic heterocycles. The quantitative estimate of drug-likeness (QED) is 0.431. The molecule has 8 nitrogen and oxygen atoms in total. The van der Waals surface area contributed by atoms with Gasteiger partial charge in [-0.1, -0.05) is 38.5 Å². The van der Waals surface area contributed by atoms with Crippen LogP contribution in [0.15, 0.2) is 34.6 Å². The number of hydrogen-bond acceptors (Lipinski definition) is 7. The number of amides is 1. The predicted molar refractivity (Wildman–Crippen MR) is 122 cm³/mol. The number of methoxy groups -OCH3 is 1. The van der Waals surface area contributed by atoms with Gasteiger partial charge in [0.2, 0.25) is 5.91 Å². The number of anilines is 1. The maximum atomic E-state index is 12.1. The molecule has 0 unspecified atom stereocenters. The van der Waals surface area contributed by atoms with Gasteiger partial charge in [0.05, 0.1) is 7.11 Å². The van der Waals surface area contributed by atoms with Gasteiger partial charge >= 0.3 is 0 Å². The van der Waals surface area contributed by atoms with E-state index in [4.69, 9.17) is 16.9 Å².